The molecule has 0 spiro atoms. The number of allylic oxidation sites excluding steroid dienone is 4. The summed E-state index contributed by atoms with van der Waals surface area (Å²) in [5.74, 6) is -1.66. The minimum absolute atomic E-state index is 0.433. The van der Waals surface area contributed by atoms with Crippen LogP contribution in [0.2, 0.25) is 19.6 Å². The van der Waals surface area contributed by atoms with Crippen LogP contribution in [0.4, 0.5) is 0 Å². The summed E-state index contributed by atoms with van der Waals surface area (Å²) in [4.78, 5) is 0. The SMILES string of the molecule is CCCCOC([O])(CCCC1=C([Si](C)(C)C)C=CC1)OCCCC. The fourth-order valence-electron chi connectivity index (χ4n) is 3.01. The molecule has 3 nitrogen and oxygen atoms in total. The van der Waals surface area contributed by atoms with Gasteiger partial charge in [0.15, 0.2) is 0 Å². The molecule has 0 saturated heterocycles. The van der Waals surface area contributed by atoms with Gasteiger partial charge < -0.3 is 9.47 Å². The minimum atomic E-state index is -1.66. The first-order valence-corrected chi connectivity index (χ1v) is 13.2. The van der Waals surface area contributed by atoms with Crippen molar-refractivity contribution in [2.24, 2.45) is 0 Å². The molecule has 0 saturated carbocycles. The maximum atomic E-state index is 12.8. The summed E-state index contributed by atoms with van der Waals surface area (Å²) in [5, 5.41) is 14.4. The molecule has 0 aromatic heterocycles. The lowest BCUT2D eigenvalue weighted by atomic mass is 10.1. The second-order valence-corrected chi connectivity index (χ2v) is 12.9. The molecule has 0 amide bonds. The molecule has 0 aromatic rings. The molecule has 0 unspecified atom stereocenters. The predicted octanol–water partition coefficient (Wildman–Crippen LogP) is 6.01. The zero-order valence-corrected chi connectivity index (χ0v) is 17.5. The van der Waals surface area contributed by atoms with Crippen molar-refractivity contribution in [3.05, 3.63) is 22.9 Å². The van der Waals surface area contributed by atoms with Crippen LogP contribution >= 0.6 is 0 Å². The van der Waals surface area contributed by atoms with Gasteiger partial charge in [0.1, 0.15) is 0 Å². The molecule has 0 aromatic carbocycles. The second kappa shape index (κ2) is 10.5. The van der Waals surface area contributed by atoms with E-state index in [1.165, 1.54) is 5.57 Å². The van der Waals surface area contributed by atoms with Crippen LogP contribution in [-0.2, 0) is 14.6 Å². The number of ether oxygens (including phenoxy) is 2. The van der Waals surface area contributed by atoms with Gasteiger partial charge in [-0.3, -0.25) is 0 Å². The summed E-state index contributed by atoms with van der Waals surface area (Å²) >= 11 is 0. The molecule has 1 aliphatic rings. The van der Waals surface area contributed by atoms with Crippen molar-refractivity contribution in [1.82, 2.24) is 0 Å². The normalized spacial score (nSPS) is 15.6. The second-order valence-electron chi connectivity index (χ2n) is 7.81. The third kappa shape index (κ3) is 7.64. The van der Waals surface area contributed by atoms with Crippen LogP contribution in [0.3, 0.4) is 0 Å². The molecular weight excluding hydrogens is 316 g/mol. The Kier molecular flexibility index (Phi) is 9.50. The lowest BCUT2D eigenvalue weighted by molar-refractivity contribution is -0.391. The van der Waals surface area contributed by atoms with Gasteiger partial charge in [0.25, 0.3) is 0 Å². The standard InChI is InChI=1S/C20H37O3Si/c1-6-8-16-22-20(21,23-17-9-7-2)15-11-13-18-12-10-14-19(18)24(3,4)5/h10,14H,6-9,11-13,15-17H2,1-5H3. The monoisotopic (exact) mass is 353 g/mol. The summed E-state index contributed by atoms with van der Waals surface area (Å²) in [5.41, 5.74) is 1.53. The van der Waals surface area contributed by atoms with E-state index in [1.54, 1.807) is 5.20 Å². The van der Waals surface area contributed by atoms with E-state index in [4.69, 9.17) is 9.47 Å². The predicted molar refractivity (Wildman–Crippen MR) is 103 cm³/mol. The fraction of sp³-hybridized carbons (Fsp3) is 0.800. The Labute approximate surface area is 150 Å². The van der Waals surface area contributed by atoms with E-state index in [0.29, 0.717) is 19.6 Å². The van der Waals surface area contributed by atoms with Crippen LogP contribution in [0.15, 0.2) is 22.9 Å². The summed E-state index contributed by atoms with van der Waals surface area (Å²) < 4.78 is 11.1. The fourth-order valence-corrected chi connectivity index (χ4v) is 4.92. The third-order valence-corrected chi connectivity index (χ3v) is 6.58. The molecule has 0 aliphatic heterocycles. The van der Waals surface area contributed by atoms with Gasteiger partial charge in [-0.1, -0.05) is 69.3 Å². The zero-order chi connectivity index (χ0) is 18.1. The number of hydrogen-bond donors (Lipinski definition) is 0. The van der Waals surface area contributed by atoms with Gasteiger partial charge in [0.05, 0.1) is 21.3 Å². The molecule has 4 heteroatoms. The molecule has 1 aliphatic carbocycles. The Balaban J connectivity index is 2.54. The van der Waals surface area contributed by atoms with E-state index in [2.05, 4.69) is 45.6 Å². The van der Waals surface area contributed by atoms with Gasteiger partial charge in [0.2, 0.25) is 0 Å². The topological polar surface area (TPSA) is 38.4 Å². The molecule has 0 bridgehead atoms. The van der Waals surface area contributed by atoms with Crippen molar-refractivity contribution < 1.29 is 14.6 Å². The highest BCUT2D eigenvalue weighted by Crippen LogP contribution is 2.32. The highest BCUT2D eigenvalue weighted by molar-refractivity contribution is 6.83. The minimum Gasteiger partial charge on any atom is -0.326 e. The van der Waals surface area contributed by atoms with Crippen LogP contribution < -0.4 is 0 Å². The Morgan fingerprint density at radius 2 is 1.62 bits per heavy atom. The molecule has 1 rings (SSSR count). The smallest absolute Gasteiger partial charge is 0.312 e. The van der Waals surface area contributed by atoms with Crippen LogP contribution in [0.1, 0.15) is 65.2 Å². The summed E-state index contributed by atoms with van der Waals surface area (Å²) in [6, 6.07) is 0. The first-order valence-electron chi connectivity index (χ1n) is 9.69. The lowest BCUT2D eigenvalue weighted by Crippen LogP contribution is -2.35. The molecule has 24 heavy (non-hydrogen) atoms. The van der Waals surface area contributed by atoms with Crippen molar-refractivity contribution in [3.8, 4) is 0 Å². The summed E-state index contributed by atoms with van der Waals surface area (Å²) in [6.45, 7) is 12.4. The van der Waals surface area contributed by atoms with Gasteiger partial charge in [-0.2, -0.15) is 5.11 Å². The molecule has 0 atom stereocenters. The van der Waals surface area contributed by atoms with Crippen molar-refractivity contribution in [3.63, 3.8) is 0 Å². The van der Waals surface area contributed by atoms with Crippen LogP contribution in [0, 0.1) is 0 Å². The molecule has 1 radical (unpaired) electrons. The van der Waals surface area contributed by atoms with Crippen molar-refractivity contribution in [2.45, 2.75) is 90.8 Å². The van der Waals surface area contributed by atoms with E-state index in [9.17, 15) is 5.11 Å². The summed E-state index contributed by atoms with van der Waals surface area (Å²) in [6.07, 6.45) is 11.8. The largest absolute Gasteiger partial charge is 0.326 e. The summed E-state index contributed by atoms with van der Waals surface area (Å²) in [7, 11) is -1.28. The average molecular weight is 354 g/mol. The van der Waals surface area contributed by atoms with E-state index in [-0.39, 0.29) is 0 Å². The average Bonchev–Trinajstić information content (AvgIpc) is 2.96. The van der Waals surface area contributed by atoms with Crippen LogP contribution in [0.25, 0.3) is 0 Å². The molecule has 0 N–H and O–H groups in total. The van der Waals surface area contributed by atoms with Crippen LogP contribution in [0.5, 0.6) is 0 Å². The number of hydrogen-bond acceptors (Lipinski definition) is 2. The van der Waals surface area contributed by atoms with Gasteiger partial charge in [-0.05, 0) is 32.1 Å². The molecular formula is C20H37O3Si. The Morgan fingerprint density at radius 3 is 2.12 bits per heavy atom. The quantitative estimate of drug-likeness (QED) is 0.231. The maximum absolute atomic E-state index is 12.8. The lowest BCUT2D eigenvalue weighted by Gasteiger charge is -2.26. The van der Waals surface area contributed by atoms with Gasteiger partial charge in [-0.25, -0.2) is 0 Å². The first kappa shape index (κ1) is 21.6. The maximum Gasteiger partial charge on any atom is 0.312 e. The van der Waals surface area contributed by atoms with E-state index in [1.807, 2.05) is 0 Å². The first-order chi connectivity index (χ1) is 11.3. The van der Waals surface area contributed by atoms with Crippen molar-refractivity contribution >= 4 is 8.07 Å². The van der Waals surface area contributed by atoms with Gasteiger partial charge in [0, 0.05) is 6.42 Å². The third-order valence-electron chi connectivity index (χ3n) is 4.44. The van der Waals surface area contributed by atoms with E-state index >= 15 is 0 Å². The highest BCUT2D eigenvalue weighted by atomic mass is 28.3. The van der Waals surface area contributed by atoms with Crippen molar-refractivity contribution in [1.29, 1.82) is 0 Å². The highest BCUT2D eigenvalue weighted by Gasteiger charge is 2.31. The van der Waals surface area contributed by atoms with Crippen molar-refractivity contribution in [2.75, 3.05) is 13.2 Å². The number of unbranched alkanes of at least 4 members (excludes halogenated alkanes) is 2. The Hall–Kier alpha value is -0.423. The van der Waals surface area contributed by atoms with E-state index < -0.39 is 14.0 Å². The van der Waals surface area contributed by atoms with Crippen LogP contribution in [-0.4, -0.2) is 27.3 Å². The number of rotatable bonds is 13. The Bertz CT molecular complexity index is 411. The molecule has 139 valence electrons. The zero-order valence-electron chi connectivity index (χ0n) is 16.5. The molecule has 0 heterocycles. The molecule has 0 fully saturated rings. The van der Waals surface area contributed by atoms with E-state index in [0.717, 1.165) is 44.9 Å². The Morgan fingerprint density at radius 1 is 1.04 bits per heavy atom. The van der Waals surface area contributed by atoms with Gasteiger partial charge in [-0.15, -0.1) is 0 Å². The van der Waals surface area contributed by atoms with Gasteiger partial charge >= 0.3 is 5.97 Å².